The molecular weight excluding hydrogens is 230 g/mol. The highest BCUT2D eigenvalue weighted by atomic mass is 79.9. The highest BCUT2D eigenvalue weighted by Gasteiger charge is 1.97. The van der Waals surface area contributed by atoms with Gasteiger partial charge in [-0.25, -0.2) is 0 Å². The maximum Gasteiger partial charge on any atom is 0.220 e. The zero-order chi connectivity index (χ0) is 10.1. The first kappa shape index (κ1) is 12.4. The fraction of sp³-hybridized carbons (Fsp3) is 0.500. The third-order valence-corrected chi connectivity index (χ3v) is 2.00. The lowest BCUT2D eigenvalue weighted by atomic mass is 10.1. The lowest BCUT2D eigenvalue weighted by Crippen LogP contribution is -2.24. The van der Waals surface area contributed by atoms with Gasteiger partial charge < -0.3 is 5.32 Å². The van der Waals surface area contributed by atoms with Crippen molar-refractivity contribution in [3.8, 4) is 0 Å². The number of carbonyl (C=O) groups excluding carboxylic acids is 1. The largest absolute Gasteiger partial charge is 0.356 e. The summed E-state index contributed by atoms with van der Waals surface area (Å²) in [5.41, 5.74) is 1.02. The number of hydrogen-bond acceptors (Lipinski definition) is 1. The molecule has 0 aromatic heterocycles. The van der Waals surface area contributed by atoms with Gasteiger partial charge in [0, 0.05) is 18.3 Å². The molecule has 0 atom stereocenters. The quantitative estimate of drug-likeness (QED) is 0.417. The molecule has 0 radical (unpaired) electrons. The van der Waals surface area contributed by atoms with Crippen LogP contribution in [0.5, 0.6) is 0 Å². The van der Waals surface area contributed by atoms with Gasteiger partial charge in [-0.1, -0.05) is 40.7 Å². The van der Waals surface area contributed by atoms with Crippen molar-refractivity contribution in [3.63, 3.8) is 0 Å². The number of carbonyl (C=O) groups is 1. The van der Waals surface area contributed by atoms with Crippen LogP contribution < -0.4 is 5.32 Å². The Morgan fingerprint density at radius 3 is 2.69 bits per heavy atom. The maximum absolute atomic E-state index is 11.0. The van der Waals surface area contributed by atoms with Gasteiger partial charge in [-0.05, 0) is 12.8 Å². The molecule has 0 rings (SSSR count). The average molecular weight is 246 g/mol. The number of amides is 1. The Morgan fingerprint density at radius 2 is 2.15 bits per heavy atom. The van der Waals surface area contributed by atoms with E-state index in [-0.39, 0.29) is 5.91 Å². The van der Waals surface area contributed by atoms with Crippen molar-refractivity contribution in [3.05, 3.63) is 24.8 Å². The van der Waals surface area contributed by atoms with E-state index in [1.165, 1.54) is 0 Å². The maximum atomic E-state index is 11.0. The van der Waals surface area contributed by atoms with Crippen LogP contribution in [0.4, 0.5) is 0 Å². The Bertz CT molecular complexity index is 189. The van der Waals surface area contributed by atoms with Gasteiger partial charge in [0.2, 0.25) is 5.91 Å². The van der Waals surface area contributed by atoms with Gasteiger partial charge in [0.15, 0.2) is 0 Å². The molecule has 74 valence electrons. The van der Waals surface area contributed by atoms with Crippen LogP contribution in [0.1, 0.15) is 19.3 Å². The fourth-order valence-electron chi connectivity index (χ4n) is 0.820. The molecule has 0 saturated carbocycles. The molecule has 2 nitrogen and oxygen atoms in total. The van der Waals surface area contributed by atoms with Crippen LogP contribution in [0.2, 0.25) is 0 Å². The first-order chi connectivity index (χ1) is 6.20. The summed E-state index contributed by atoms with van der Waals surface area (Å²) in [7, 11) is 0. The molecule has 0 heterocycles. The fourth-order valence-corrected chi connectivity index (χ4v) is 1.18. The van der Waals surface area contributed by atoms with Crippen LogP contribution in [0.15, 0.2) is 24.8 Å². The third kappa shape index (κ3) is 7.78. The molecule has 13 heavy (non-hydrogen) atoms. The van der Waals surface area contributed by atoms with Gasteiger partial charge in [0.25, 0.3) is 0 Å². The van der Waals surface area contributed by atoms with Crippen LogP contribution in [0, 0.1) is 0 Å². The standard InChI is InChI=1S/C10H16BrNO/c1-3-9(2)5-4-8-12-10(13)6-7-11/h3H,1-2,4-8H2,(H,12,13). The molecule has 0 bridgehead atoms. The second-order valence-electron chi connectivity index (χ2n) is 2.75. The van der Waals surface area contributed by atoms with Crippen LogP contribution >= 0.6 is 15.9 Å². The number of nitrogens with one attached hydrogen (secondary N) is 1. The second-order valence-corrected chi connectivity index (χ2v) is 3.55. The minimum absolute atomic E-state index is 0.0982. The lowest BCUT2D eigenvalue weighted by molar-refractivity contribution is -0.120. The van der Waals surface area contributed by atoms with Crippen molar-refractivity contribution in [2.75, 3.05) is 11.9 Å². The molecule has 0 aromatic rings. The summed E-state index contributed by atoms with van der Waals surface area (Å²) in [4.78, 5) is 11.0. The van der Waals surface area contributed by atoms with E-state index in [1.54, 1.807) is 6.08 Å². The van der Waals surface area contributed by atoms with Gasteiger partial charge in [0.05, 0.1) is 0 Å². The molecule has 0 unspecified atom stereocenters. The molecule has 0 aliphatic carbocycles. The Hall–Kier alpha value is -0.570. The molecule has 0 aliphatic rings. The molecule has 0 aromatic carbocycles. The Kier molecular flexibility index (Phi) is 7.69. The van der Waals surface area contributed by atoms with E-state index in [9.17, 15) is 4.79 Å². The molecule has 3 heteroatoms. The van der Waals surface area contributed by atoms with E-state index in [0.29, 0.717) is 6.42 Å². The molecule has 1 N–H and O–H groups in total. The van der Waals surface area contributed by atoms with Crippen molar-refractivity contribution in [1.29, 1.82) is 0 Å². The van der Waals surface area contributed by atoms with Gasteiger partial charge in [0.1, 0.15) is 0 Å². The van der Waals surface area contributed by atoms with Crippen molar-refractivity contribution < 1.29 is 4.79 Å². The minimum Gasteiger partial charge on any atom is -0.356 e. The Labute approximate surface area is 88.2 Å². The summed E-state index contributed by atoms with van der Waals surface area (Å²) >= 11 is 3.21. The average Bonchev–Trinajstić information content (AvgIpc) is 2.12. The Morgan fingerprint density at radius 1 is 1.46 bits per heavy atom. The summed E-state index contributed by atoms with van der Waals surface area (Å²) in [5, 5.41) is 3.54. The second kappa shape index (κ2) is 8.05. The molecule has 0 aliphatic heterocycles. The SMILES string of the molecule is C=CC(=C)CCCNC(=O)CCBr. The predicted molar refractivity (Wildman–Crippen MR) is 60.0 cm³/mol. The van der Waals surface area contributed by atoms with E-state index in [4.69, 9.17) is 0 Å². The predicted octanol–water partition coefficient (Wildman–Crippen LogP) is 2.41. The van der Waals surface area contributed by atoms with Crippen LogP contribution in [-0.4, -0.2) is 17.8 Å². The van der Waals surface area contributed by atoms with Crippen molar-refractivity contribution >= 4 is 21.8 Å². The summed E-state index contributed by atoms with van der Waals surface area (Å²) in [6, 6.07) is 0. The first-order valence-corrected chi connectivity index (χ1v) is 5.45. The van der Waals surface area contributed by atoms with Crippen molar-refractivity contribution in [2.45, 2.75) is 19.3 Å². The monoisotopic (exact) mass is 245 g/mol. The highest BCUT2D eigenvalue weighted by molar-refractivity contribution is 9.09. The highest BCUT2D eigenvalue weighted by Crippen LogP contribution is 2.01. The van der Waals surface area contributed by atoms with E-state index in [2.05, 4.69) is 34.4 Å². The smallest absolute Gasteiger partial charge is 0.220 e. The zero-order valence-electron chi connectivity index (χ0n) is 7.81. The summed E-state index contributed by atoms with van der Waals surface area (Å²) in [5.74, 6) is 0.0982. The van der Waals surface area contributed by atoms with E-state index in [1.807, 2.05) is 0 Å². The van der Waals surface area contributed by atoms with Crippen LogP contribution in [0.3, 0.4) is 0 Å². The topological polar surface area (TPSA) is 29.1 Å². The number of rotatable bonds is 7. The van der Waals surface area contributed by atoms with E-state index in [0.717, 1.165) is 30.3 Å². The van der Waals surface area contributed by atoms with E-state index >= 15 is 0 Å². The number of hydrogen-bond donors (Lipinski definition) is 1. The van der Waals surface area contributed by atoms with Crippen molar-refractivity contribution in [2.24, 2.45) is 0 Å². The normalized spacial score (nSPS) is 9.31. The van der Waals surface area contributed by atoms with Gasteiger partial charge in [-0.2, -0.15) is 0 Å². The molecule has 0 fully saturated rings. The number of halogens is 1. The minimum atomic E-state index is 0.0982. The molecule has 0 spiro atoms. The van der Waals surface area contributed by atoms with Crippen LogP contribution in [0.25, 0.3) is 0 Å². The van der Waals surface area contributed by atoms with E-state index < -0.39 is 0 Å². The number of alkyl halides is 1. The van der Waals surface area contributed by atoms with Crippen molar-refractivity contribution in [1.82, 2.24) is 5.32 Å². The molecular formula is C10H16BrNO. The first-order valence-electron chi connectivity index (χ1n) is 4.33. The van der Waals surface area contributed by atoms with Crippen LogP contribution in [-0.2, 0) is 4.79 Å². The Balaban J connectivity index is 3.30. The van der Waals surface area contributed by atoms with Gasteiger partial charge in [-0.15, -0.1) is 0 Å². The number of allylic oxidation sites excluding steroid dienone is 2. The zero-order valence-corrected chi connectivity index (χ0v) is 9.40. The van der Waals surface area contributed by atoms with Gasteiger partial charge >= 0.3 is 0 Å². The van der Waals surface area contributed by atoms with Gasteiger partial charge in [-0.3, -0.25) is 4.79 Å². The summed E-state index contributed by atoms with van der Waals surface area (Å²) < 4.78 is 0. The summed E-state index contributed by atoms with van der Waals surface area (Å²) in [6.45, 7) is 8.12. The third-order valence-electron chi connectivity index (χ3n) is 1.61. The molecule has 1 amide bonds. The molecule has 0 saturated heterocycles. The lowest BCUT2D eigenvalue weighted by Gasteiger charge is -2.03. The summed E-state index contributed by atoms with van der Waals surface area (Å²) in [6.07, 6.45) is 4.12.